The molecule has 5 amide bonds. The van der Waals surface area contributed by atoms with Crippen LogP contribution >= 0.6 is 0 Å². The number of unbranched alkanes of at least 4 members (excludes halogenated alkanes) is 1. The summed E-state index contributed by atoms with van der Waals surface area (Å²) >= 11 is 0. The maximum Gasteiger partial charge on any atom is 0.437 e. The van der Waals surface area contributed by atoms with E-state index >= 15 is 0 Å². The molecule has 4 aromatic rings. The Balaban J connectivity index is 1.21. The number of guanidine groups is 1. The fraction of sp³-hybridized carbons (Fsp3) is 0.388. The van der Waals surface area contributed by atoms with Crippen LogP contribution in [-0.2, 0) is 42.2 Å². The molecule has 0 radical (unpaired) electrons. The minimum absolute atomic E-state index is 0.0335. The Morgan fingerprint density at radius 3 is 1.60 bits per heavy atom. The van der Waals surface area contributed by atoms with Crippen molar-refractivity contribution in [2.45, 2.75) is 108 Å². The molecule has 1 aliphatic carbocycles. The molecule has 0 fully saturated rings. The summed E-state index contributed by atoms with van der Waals surface area (Å²) in [6.45, 7) is 10.8. The van der Waals surface area contributed by atoms with Crippen molar-refractivity contribution in [2.24, 2.45) is 10.7 Å². The monoisotopic (exact) mass is 859 g/mol. The number of ether oxygens (including phenoxy) is 2. The molecule has 7 N–H and O–H groups in total. The Morgan fingerprint density at radius 1 is 0.667 bits per heavy atom. The van der Waals surface area contributed by atoms with Gasteiger partial charge in [-0.05, 0) is 88.6 Å². The number of carbonyl (C=O) groups is 5. The zero-order valence-electron chi connectivity index (χ0n) is 37.1. The largest absolute Gasteiger partial charge is 0.444 e. The highest BCUT2D eigenvalue weighted by Crippen LogP contribution is 2.37. The molecule has 0 unspecified atom stereocenters. The molecule has 5 rings (SSSR count). The van der Waals surface area contributed by atoms with Gasteiger partial charge in [-0.15, -0.1) is 4.99 Å². The zero-order valence-corrected chi connectivity index (χ0v) is 37.1. The molecule has 0 saturated heterocycles. The quantitative estimate of drug-likeness (QED) is 0.0351. The van der Waals surface area contributed by atoms with Gasteiger partial charge in [0.15, 0.2) is 0 Å². The fourth-order valence-electron chi connectivity index (χ4n) is 7.44. The summed E-state index contributed by atoms with van der Waals surface area (Å²) in [5.41, 5.74) is 7.11. The van der Waals surface area contributed by atoms with E-state index in [1.165, 1.54) is 0 Å². The van der Waals surface area contributed by atoms with Crippen LogP contribution in [0.4, 0.5) is 9.59 Å². The number of amides is 5. The van der Waals surface area contributed by atoms with E-state index in [0.29, 0.717) is 12.8 Å². The van der Waals surface area contributed by atoms with Gasteiger partial charge >= 0.3 is 12.2 Å². The van der Waals surface area contributed by atoms with Crippen molar-refractivity contribution in [1.82, 2.24) is 26.6 Å². The smallest absolute Gasteiger partial charge is 0.437 e. The van der Waals surface area contributed by atoms with Crippen LogP contribution in [0.15, 0.2) is 120 Å². The van der Waals surface area contributed by atoms with E-state index in [1.807, 2.05) is 115 Å². The molecule has 1 aliphatic rings. The molecule has 14 heteroatoms. The van der Waals surface area contributed by atoms with Gasteiger partial charge in [-0.25, -0.2) is 9.59 Å². The van der Waals surface area contributed by atoms with Crippen molar-refractivity contribution in [3.05, 3.63) is 143 Å². The summed E-state index contributed by atoms with van der Waals surface area (Å²) < 4.78 is 10.6. The zero-order chi connectivity index (χ0) is 45.7. The number of rotatable bonds is 15. The second kappa shape index (κ2) is 21.0. The molecule has 0 bridgehead atoms. The summed E-state index contributed by atoms with van der Waals surface area (Å²) in [4.78, 5) is 70.6. The second-order valence-corrected chi connectivity index (χ2v) is 17.7. The SMILES string of the molecule is CC(C)(C)OC(=O)/N=C(\NCCCCNC(=O)C1(NC(=O)[C@@H](N)CCC(=O)NC(c2ccccc2)(c2ccccc2)c2ccccc2)Cc2ccccc2C1)NC(=O)OC(C)(C)C. The van der Waals surface area contributed by atoms with Gasteiger partial charge in [-0.1, -0.05) is 115 Å². The van der Waals surface area contributed by atoms with Gasteiger partial charge in [0.25, 0.3) is 0 Å². The number of hydrogen-bond acceptors (Lipinski definition) is 8. The van der Waals surface area contributed by atoms with Crippen LogP contribution in [0.5, 0.6) is 0 Å². The standard InChI is InChI=1S/C49H61N7O7/c1-46(2,3)62-44(60)53-43(54-45(61)63-47(4,5)6)52-31-19-18-30-51-42(59)48(32-34-20-16-17-21-35(34)33-48)56-41(58)39(50)28-29-40(57)55-49(36-22-10-7-11-23-36,37-24-12-8-13-25-37)38-26-14-9-15-27-38/h7-17,20-27,39H,18-19,28-33,50H2,1-6H3,(H,51,59)(H,55,57)(H,56,58)(H2,52,53,54,60,61)/t39-/m0/s1. The molecular formula is C49H61N7O7. The molecule has 4 aromatic carbocycles. The minimum atomic E-state index is -1.30. The van der Waals surface area contributed by atoms with Gasteiger partial charge in [-0.3, -0.25) is 19.7 Å². The van der Waals surface area contributed by atoms with Gasteiger partial charge in [0, 0.05) is 32.4 Å². The molecule has 0 aliphatic heterocycles. The van der Waals surface area contributed by atoms with E-state index in [9.17, 15) is 24.0 Å². The summed E-state index contributed by atoms with van der Waals surface area (Å²) in [6, 6.07) is 35.8. The van der Waals surface area contributed by atoms with Crippen LogP contribution in [0.25, 0.3) is 0 Å². The number of nitrogens with two attached hydrogens (primary N) is 1. The number of aliphatic imine (C=N–C) groups is 1. The molecule has 0 heterocycles. The van der Waals surface area contributed by atoms with E-state index in [-0.39, 0.29) is 56.5 Å². The number of carbonyl (C=O) groups excluding carboxylic acids is 5. The topological polar surface area (TPSA) is 202 Å². The summed E-state index contributed by atoms with van der Waals surface area (Å²) in [5, 5.41) is 14.7. The fourth-order valence-corrected chi connectivity index (χ4v) is 7.44. The summed E-state index contributed by atoms with van der Waals surface area (Å²) in [7, 11) is 0. The molecular weight excluding hydrogens is 799 g/mol. The van der Waals surface area contributed by atoms with Gasteiger partial charge in [-0.2, -0.15) is 0 Å². The first-order chi connectivity index (χ1) is 29.9. The Morgan fingerprint density at radius 2 is 1.13 bits per heavy atom. The van der Waals surface area contributed by atoms with Gasteiger partial charge in [0.05, 0.1) is 6.04 Å². The maximum atomic E-state index is 14.1. The first kappa shape index (κ1) is 47.5. The first-order valence-electron chi connectivity index (χ1n) is 21.3. The Bertz CT molecular complexity index is 2100. The van der Waals surface area contributed by atoms with Gasteiger partial charge < -0.3 is 36.5 Å². The van der Waals surface area contributed by atoms with Gasteiger partial charge in [0.1, 0.15) is 22.3 Å². The highest BCUT2D eigenvalue weighted by atomic mass is 16.6. The third-order valence-electron chi connectivity index (χ3n) is 10.3. The lowest BCUT2D eigenvalue weighted by atomic mass is 9.77. The number of nitrogens with zero attached hydrogens (tertiary/aromatic N) is 1. The molecule has 0 saturated carbocycles. The van der Waals surface area contributed by atoms with Crippen LogP contribution < -0.4 is 32.3 Å². The lowest BCUT2D eigenvalue weighted by Crippen LogP contribution is -2.62. The summed E-state index contributed by atoms with van der Waals surface area (Å²) in [6.07, 6.45) is -0.150. The van der Waals surface area contributed by atoms with Crippen LogP contribution in [0.2, 0.25) is 0 Å². The average molecular weight is 860 g/mol. The van der Waals surface area contributed by atoms with Crippen LogP contribution in [0.3, 0.4) is 0 Å². The Hall–Kier alpha value is -6.54. The molecule has 1 atom stereocenters. The van der Waals surface area contributed by atoms with E-state index in [1.54, 1.807) is 41.5 Å². The second-order valence-electron chi connectivity index (χ2n) is 17.7. The third kappa shape index (κ3) is 13.5. The van der Waals surface area contributed by atoms with Crippen LogP contribution in [-0.4, -0.2) is 71.7 Å². The number of alkyl carbamates (subject to hydrolysis) is 1. The van der Waals surface area contributed by atoms with Crippen LogP contribution in [0, 0.1) is 0 Å². The predicted molar refractivity (Wildman–Crippen MR) is 243 cm³/mol. The number of nitrogens with one attached hydrogen (secondary N) is 5. The molecule has 0 spiro atoms. The van der Waals surface area contributed by atoms with Crippen molar-refractivity contribution < 1.29 is 33.4 Å². The molecule has 0 aromatic heterocycles. The number of fused-ring (bicyclic) bond motifs is 1. The normalized spacial score (nSPS) is 14.0. The molecule has 14 nitrogen and oxygen atoms in total. The van der Waals surface area contributed by atoms with E-state index in [4.69, 9.17) is 15.2 Å². The van der Waals surface area contributed by atoms with Crippen molar-refractivity contribution in [3.63, 3.8) is 0 Å². The van der Waals surface area contributed by atoms with Crippen molar-refractivity contribution >= 4 is 35.9 Å². The lowest BCUT2D eigenvalue weighted by Gasteiger charge is -2.37. The number of hydrogen-bond donors (Lipinski definition) is 6. The third-order valence-corrected chi connectivity index (χ3v) is 10.3. The first-order valence-corrected chi connectivity index (χ1v) is 21.3. The van der Waals surface area contributed by atoms with Crippen molar-refractivity contribution in [1.29, 1.82) is 0 Å². The highest BCUT2D eigenvalue weighted by Gasteiger charge is 2.45. The Labute approximate surface area is 370 Å². The van der Waals surface area contributed by atoms with Crippen molar-refractivity contribution in [3.8, 4) is 0 Å². The predicted octanol–water partition coefficient (Wildman–Crippen LogP) is 6.16. The number of benzene rings is 4. The van der Waals surface area contributed by atoms with E-state index in [0.717, 1.165) is 27.8 Å². The van der Waals surface area contributed by atoms with Crippen molar-refractivity contribution in [2.75, 3.05) is 13.1 Å². The van der Waals surface area contributed by atoms with Crippen LogP contribution in [0.1, 0.15) is 95.0 Å². The lowest BCUT2D eigenvalue weighted by molar-refractivity contribution is -0.134. The molecule has 334 valence electrons. The Kier molecular flexibility index (Phi) is 15.9. The minimum Gasteiger partial charge on any atom is -0.444 e. The van der Waals surface area contributed by atoms with E-state index < -0.39 is 46.4 Å². The maximum absolute atomic E-state index is 14.1. The highest BCUT2D eigenvalue weighted by molar-refractivity contribution is 5.99. The van der Waals surface area contributed by atoms with E-state index in [2.05, 4.69) is 31.6 Å². The molecule has 63 heavy (non-hydrogen) atoms. The summed E-state index contributed by atoms with van der Waals surface area (Å²) in [5.74, 6) is -1.33. The average Bonchev–Trinajstić information content (AvgIpc) is 3.62. The van der Waals surface area contributed by atoms with Gasteiger partial charge in [0.2, 0.25) is 23.7 Å².